The Morgan fingerprint density at radius 3 is 2.57 bits per heavy atom. The maximum absolute atomic E-state index is 9.92. The number of hydrogen-bond acceptors (Lipinski definition) is 6. The molecule has 0 radical (unpaired) electrons. The summed E-state index contributed by atoms with van der Waals surface area (Å²) in [5.74, 6) is 1.36. The van der Waals surface area contributed by atoms with E-state index >= 15 is 0 Å². The van der Waals surface area contributed by atoms with Gasteiger partial charge < -0.3 is 14.6 Å². The van der Waals surface area contributed by atoms with E-state index in [0.29, 0.717) is 21.8 Å². The first kappa shape index (κ1) is 17.0. The highest BCUT2D eigenvalue weighted by atomic mass is 32.1. The highest BCUT2D eigenvalue weighted by Crippen LogP contribution is 2.36. The molecular weight excluding hydrogens is 316 g/mol. The molecule has 2 aromatic rings. The van der Waals surface area contributed by atoms with Gasteiger partial charge in [0.05, 0.1) is 20.4 Å². The lowest BCUT2D eigenvalue weighted by atomic mass is 10.2. The second-order valence-electron chi connectivity index (χ2n) is 4.88. The number of aromatic nitrogens is 3. The minimum absolute atomic E-state index is 0.0456. The zero-order chi connectivity index (χ0) is 16.8. The quantitative estimate of drug-likeness (QED) is 0.600. The molecule has 0 aliphatic rings. The highest BCUT2D eigenvalue weighted by molar-refractivity contribution is 7.71. The lowest BCUT2D eigenvalue weighted by Crippen LogP contribution is -1.99. The fraction of sp³-hybridized carbons (Fsp3) is 0.400. The van der Waals surface area contributed by atoms with Crippen molar-refractivity contribution in [3.05, 3.63) is 28.3 Å². The van der Waals surface area contributed by atoms with E-state index in [2.05, 4.69) is 22.2 Å². The van der Waals surface area contributed by atoms with Crippen LogP contribution < -0.4 is 9.47 Å². The van der Waals surface area contributed by atoms with Crippen LogP contribution in [0.25, 0.3) is 0 Å². The van der Waals surface area contributed by atoms with Crippen LogP contribution in [0.4, 0.5) is 0 Å². The molecular formula is C15H20N4O3S. The molecule has 0 atom stereocenters. The van der Waals surface area contributed by atoms with Crippen molar-refractivity contribution in [1.29, 1.82) is 0 Å². The molecule has 0 fully saturated rings. The Bertz CT molecular complexity index is 726. The van der Waals surface area contributed by atoms with Gasteiger partial charge in [-0.2, -0.15) is 14.9 Å². The van der Waals surface area contributed by atoms with Crippen LogP contribution in [0.1, 0.15) is 31.2 Å². The highest BCUT2D eigenvalue weighted by Gasteiger charge is 2.10. The van der Waals surface area contributed by atoms with E-state index in [9.17, 15) is 5.11 Å². The average molecular weight is 336 g/mol. The number of rotatable bonds is 7. The van der Waals surface area contributed by atoms with Crippen molar-refractivity contribution < 1.29 is 14.6 Å². The molecule has 23 heavy (non-hydrogen) atoms. The monoisotopic (exact) mass is 336 g/mol. The molecule has 1 aromatic carbocycles. The number of aryl methyl sites for hydroxylation is 1. The number of unbranched alkanes of at least 4 members (excludes halogenated alkanes) is 1. The van der Waals surface area contributed by atoms with E-state index < -0.39 is 0 Å². The van der Waals surface area contributed by atoms with Gasteiger partial charge in [-0.1, -0.05) is 13.3 Å². The lowest BCUT2D eigenvalue weighted by Gasteiger charge is -2.09. The van der Waals surface area contributed by atoms with Gasteiger partial charge in [-0.05, 0) is 30.8 Å². The Hall–Kier alpha value is -2.35. The third-order valence-electron chi connectivity index (χ3n) is 3.30. The number of H-pyrrole nitrogens is 1. The van der Waals surface area contributed by atoms with E-state index in [1.165, 1.54) is 14.2 Å². The molecule has 0 amide bonds. The maximum Gasteiger partial charge on any atom is 0.216 e. The Labute approximate surface area is 139 Å². The molecule has 0 aliphatic heterocycles. The van der Waals surface area contributed by atoms with Crippen molar-refractivity contribution in [2.24, 2.45) is 5.10 Å². The molecule has 2 rings (SSSR count). The third kappa shape index (κ3) is 3.89. The van der Waals surface area contributed by atoms with Crippen LogP contribution in [-0.2, 0) is 6.42 Å². The molecule has 7 nitrogen and oxygen atoms in total. The van der Waals surface area contributed by atoms with Crippen molar-refractivity contribution in [1.82, 2.24) is 14.9 Å². The summed E-state index contributed by atoms with van der Waals surface area (Å²) in [6.45, 7) is 2.11. The molecule has 0 spiro atoms. The SMILES string of the molecule is CCCCc1n[nH]c(=S)n1/N=C\c1cc(OC)c(O)c(OC)c1. The zero-order valence-corrected chi connectivity index (χ0v) is 14.2. The maximum atomic E-state index is 9.92. The minimum Gasteiger partial charge on any atom is -0.502 e. The van der Waals surface area contributed by atoms with Gasteiger partial charge in [0, 0.05) is 12.0 Å². The molecule has 2 N–H and O–H groups in total. The van der Waals surface area contributed by atoms with Gasteiger partial charge in [0.1, 0.15) is 0 Å². The Balaban J connectivity index is 2.34. The minimum atomic E-state index is -0.0456. The van der Waals surface area contributed by atoms with Crippen LogP contribution in [0.5, 0.6) is 17.2 Å². The van der Waals surface area contributed by atoms with E-state index in [1.807, 2.05) is 0 Å². The number of benzene rings is 1. The number of nitrogens with zero attached hydrogens (tertiary/aromatic N) is 3. The first-order valence-corrected chi connectivity index (χ1v) is 7.67. The summed E-state index contributed by atoms with van der Waals surface area (Å²) in [5, 5.41) is 21.2. The van der Waals surface area contributed by atoms with E-state index in [1.54, 1.807) is 23.0 Å². The number of aromatic hydroxyl groups is 1. The Kier molecular flexibility index (Phi) is 5.75. The van der Waals surface area contributed by atoms with Gasteiger partial charge in [0.25, 0.3) is 0 Å². The van der Waals surface area contributed by atoms with E-state index in [0.717, 1.165) is 25.1 Å². The van der Waals surface area contributed by atoms with Crippen LogP contribution in [-0.4, -0.2) is 40.4 Å². The van der Waals surface area contributed by atoms with Crippen molar-refractivity contribution in [3.63, 3.8) is 0 Å². The molecule has 0 saturated heterocycles. The van der Waals surface area contributed by atoms with Crippen LogP contribution in [0.2, 0.25) is 0 Å². The summed E-state index contributed by atoms with van der Waals surface area (Å²) >= 11 is 5.20. The third-order valence-corrected chi connectivity index (χ3v) is 3.56. The molecule has 0 saturated carbocycles. The second-order valence-corrected chi connectivity index (χ2v) is 5.27. The molecule has 1 aromatic heterocycles. The topological polar surface area (TPSA) is 84.7 Å². The van der Waals surface area contributed by atoms with Crippen molar-refractivity contribution in [2.45, 2.75) is 26.2 Å². The summed E-state index contributed by atoms with van der Waals surface area (Å²) < 4.78 is 12.3. The standard InChI is InChI=1S/C15H20N4O3S/c1-4-5-6-13-17-18-15(23)19(13)16-9-10-7-11(21-2)14(20)12(8-10)22-3/h7-9,20H,4-6H2,1-3H3,(H,18,23)/b16-9-. The first-order valence-electron chi connectivity index (χ1n) is 7.26. The summed E-state index contributed by atoms with van der Waals surface area (Å²) in [5.41, 5.74) is 0.709. The number of hydrogen-bond donors (Lipinski definition) is 2. The van der Waals surface area contributed by atoms with Gasteiger partial charge in [0.2, 0.25) is 10.5 Å². The smallest absolute Gasteiger partial charge is 0.216 e. The van der Waals surface area contributed by atoms with Crippen LogP contribution >= 0.6 is 12.2 Å². The fourth-order valence-corrected chi connectivity index (χ4v) is 2.25. The first-order chi connectivity index (χ1) is 11.1. The summed E-state index contributed by atoms with van der Waals surface area (Å²) in [4.78, 5) is 0. The van der Waals surface area contributed by atoms with Crippen LogP contribution in [0.15, 0.2) is 17.2 Å². The largest absolute Gasteiger partial charge is 0.502 e. The number of methoxy groups -OCH3 is 2. The number of phenolic OH excluding ortho intramolecular Hbond substituents is 1. The van der Waals surface area contributed by atoms with Crippen molar-refractivity contribution >= 4 is 18.4 Å². The Morgan fingerprint density at radius 2 is 2.00 bits per heavy atom. The summed E-state index contributed by atoms with van der Waals surface area (Å²) in [6, 6.07) is 3.33. The van der Waals surface area contributed by atoms with Gasteiger partial charge in [0.15, 0.2) is 17.3 Å². The van der Waals surface area contributed by atoms with Gasteiger partial charge in [-0.15, -0.1) is 0 Å². The molecule has 124 valence electrons. The molecule has 0 aliphatic carbocycles. The van der Waals surface area contributed by atoms with E-state index in [4.69, 9.17) is 21.7 Å². The average Bonchev–Trinajstić information content (AvgIpc) is 2.91. The van der Waals surface area contributed by atoms with Crippen LogP contribution in [0.3, 0.4) is 0 Å². The Morgan fingerprint density at radius 1 is 1.35 bits per heavy atom. The normalized spacial score (nSPS) is 11.1. The van der Waals surface area contributed by atoms with Crippen molar-refractivity contribution in [3.8, 4) is 17.2 Å². The zero-order valence-electron chi connectivity index (χ0n) is 13.4. The van der Waals surface area contributed by atoms with Gasteiger partial charge in [-0.25, -0.2) is 0 Å². The van der Waals surface area contributed by atoms with Crippen molar-refractivity contribution in [2.75, 3.05) is 14.2 Å². The number of aromatic amines is 1. The molecule has 0 bridgehead atoms. The second kappa shape index (κ2) is 7.77. The number of ether oxygens (including phenoxy) is 2. The lowest BCUT2D eigenvalue weighted by molar-refractivity contribution is 0.340. The summed E-state index contributed by atoms with van der Waals surface area (Å²) in [7, 11) is 2.95. The molecule has 0 unspecified atom stereocenters. The predicted octanol–water partition coefficient (Wildman–Crippen LogP) is 2.89. The van der Waals surface area contributed by atoms with Crippen LogP contribution in [0, 0.1) is 4.77 Å². The summed E-state index contributed by atoms with van der Waals surface area (Å²) in [6.07, 6.45) is 4.49. The number of nitrogens with one attached hydrogen (secondary N) is 1. The van der Waals surface area contributed by atoms with E-state index in [-0.39, 0.29) is 5.75 Å². The van der Waals surface area contributed by atoms with Gasteiger partial charge in [-0.3, -0.25) is 5.10 Å². The number of phenols is 1. The fourth-order valence-electron chi connectivity index (χ4n) is 2.05. The molecule has 1 heterocycles. The van der Waals surface area contributed by atoms with Gasteiger partial charge >= 0.3 is 0 Å². The predicted molar refractivity (Wildman–Crippen MR) is 90.2 cm³/mol. The molecule has 8 heteroatoms.